The van der Waals surface area contributed by atoms with E-state index < -0.39 is 0 Å². The highest BCUT2D eigenvalue weighted by molar-refractivity contribution is 6.30. The van der Waals surface area contributed by atoms with Gasteiger partial charge in [0.1, 0.15) is 0 Å². The van der Waals surface area contributed by atoms with E-state index in [1.165, 1.54) is 0 Å². The van der Waals surface area contributed by atoms with E-state index in [0.29, 0.717) is 10.6 Å². The minimum atomic E-state index is -0.0629. The quantitative estimate of drug-likeness (QED) is 0.892. The Labute approximate surface area is 136 Å². The first-order chi connectivity index (χ1) is 10.5. The van der Waals surface area contributed by atoms with Crippen molar-refractivity contribution >= 4 is 23.2 Å². The number of halogens is 1. The van der Waals surface area contributed by atoms with Crippen molar-refractivity contribution in [3.8, 4) is 0 Å². The van der Waals surface area contributed by atoms with Crippen molar-refractivity contribution in [3.05, 3.63) is 64.7 Å². The molecule has 0 aliphatic heterocycles. The smallest absolute Gasteiger partial charge is 0.251 e. The molecule has 2 rings (SSSR count). The van der Waals surface area contributed by atoms with Crippen LogP contribution in [0.2, 0.25) is 5.02 Å². The molecule has 22 heavy (non-hydrogen) atoms. The summed E-state index contributed by atoms with van der Waals surface area (Å²) < 4.78 is 0. The molecule has 0 aliphatic rings. The van der Waals surface area contributed by atoms with Gasteiger partial charge >= 0.3 is 0 Å². The van der Waals surface area contributed by atoms with Gasteiger partial charge in [0.2, 0.25) is 0 Å². The molecular weight excluding hydrogens is 296 g/mol. The third-order valence-electron chi connectivity index (χ3n) is 3.63. The van der Waals surface area contributed by atoms with Gasteiger partial charge < -0.3 is 10.2 Å². The molecule has 0 saturated heterocycles. The fraction of sp³-hybridized carbons (Fsp3) is 0.278. The highest BCUT2D eigenvalue weighted by Crippen LogP contribution is 2.20. The second-order valence-corrected chi connectivity index (χ2v) is 5.86. The Morgan fingerprint density at radius 2 is 1.68 bits per heavy atom. The van der Waals surface area contributed by atoms with Gasteiger partial charge in [-0.05, 0) is 48.4 Å². The van der Waals surface area contributed by atoms with Gasteiger partial charge in [-0.2, -0.15) is 0 Å². The van der Waals surface area contributed by atoms with E-state index in [0.717, 1.165) is 17.7 Å². The summed E-state index contributed by atoms with van der Waals surface area (Å²) in [5, 5.41) is 3.77. The highest BCUT2D eigenvalue weighted by Gasteiger charge is 2.14. The molecule has 0 bridgehead atoms. The molecule has 0 aromatic heterocycles. The summed E-state index contributed by atoms with van der Waals surface area (Å²) in [6.45, 7) is 2.05. The van der Waals surface area contributed by atoms with E-state index in [-0.39, 0.29) is 11.9 Å². The van der Waals surface area contributed by atoms with Gasteiger partial charge in [0.15, 0.2) is 0 Å². The van der Waals surface area contributed by atoms with Crippen LogP contribution in [0.1, 0.15) is 35.3 Å². The standard InChI is InChI=1S/C18H21ClN2O/c1-4-17(13-5-9-15(19)10-6-13)20-18(22)14-7-11-16(12-8-14)21(2)3/h5-12,17H,4H2,1-3H3,(H,20,22)/t17-/m0/s1. The Morgan fingerprint density at radius 1 is 1.09 bits per heavy atom. The molecule has 1 N–H and O–H groups in total. The normalized spacial score (nSPS) is 11.8. The molecule has 1 amide bonds. The Balaban J connectivity index is 2.10. The van der Waals surface area contributed by atoms with Gasteiger partial charge in [-0.3, -0.25) is 4.79 Å². The Morgan fingerprint density at radius 3 is 2.18 bits per heavy atom. The number of carbonyl (C=O) groups excluding carboxylic acids is 1. The molecule has 0 unspecified atom stereocenters. The highest BCUT2D eigenvalue weighted by atomic mass is 35.5. The first kappa shape index (κ1) is 16.4. The number of amides is 1. The van der Waals surface area contributed by atoms with Crippen LogP contribution in [-0.4, -0.2) is 20.0 Å². The molecular formula is C18H21ClN2O. The van der Waals surface area contributed by atoms with Crippen molar-refractivity contribution in [1.29, 1.82) is 0 Å². The van der Waals surface area contributed by atoms with Gasteiger partial charge in [0, 0.05) is 30.4 Å². The van der Waals surface area contributed by atoms with Crippen LogP contribution in [0, 0.1) is 0 Å². The second-order valence-electron chi connectivity index (χ2n) is 5.43. The number of nitrogens with zero attached hydrogens (tertiary/aromatic N) is 1. The molecule has 0 radical (unpaired) electrons. The monoisotopic (exact) mass is 316 g/mol. The average Bonchev–Trinajstić information content (AvgIpc) is 2.53. The van der Waals surface area contributed by atoms with E-state index in [4.69, 9.17) is 11.6 Å². The summed E-state index contributed by atoms with van der Waals surface area (Å²) in [6, 6.07) is 15.2. The molecule has 0 heterocycles. The van der Waals surface area contributed by atoms with Crippen molar-refractivity contribution in [2.45, 2.75) is 19.4 Å². The number of nitrogens with one attached hydrogen (secondary N) is 1. The number of rotatable bonds is 5. The lowest BCUT2D eigenvalue weighted by Crippen LogP contribution is -2.28. The number of anilines is 1. The molecule has 4 heteroatoms. The van der Waals surface area contributed by atoms with Crippen molar-refractivity contribution < 1.29 is 4.79 Å². The first-order valence-electron chi connectivity index (χ1n) is 7.35. The predicted molar refractivity (Wildman–Crippen MR) is 92.7 cm³/mol. The molecule has 2 aromatic rings. The molecule has 2 aromatic carbocycles. The molecule has 0 aliphatic carbocycles. The van der Waals surface area contributed by atoms with Crippen LogP contribution >= 0.6 is 11.6 Å². The number of carbonyl (C=O) groups is 1. The summed E-state index contributed by atoms with van der Waals surface area (Å²) in [7, 11) is 3.95. The SMILES string of the molecule is CC[C@H](NC(=O)c1ccc(N(C)C)cc1)c1ccc(Cl)cc1. The number of benzene rings is 2. The maximum atomic E-state index is 12.4. The topological polar surface area (TPSA) is 32.3 Å². The Kier molecular flexibility index (Phi) is 5.45. The lowest BCUT2D eigenvalue weighted by Gasteiger charge is -2.18. The van der Waals surface area contributed by atoms with Crippen LogP contribution in [0.3, 0.4) is 0 Å². The zero-order valence-corrected chi connectivity index (χ0v) is 13.9. The largest absolute Gasteiger partial charge is 0.378 e. The lowest BCUT2D eigenvalue weighted by atomic mass is 10.0. The van der Waals surface area contributed by atoms with Crippen LogP contribution in [-0.2, 0) is 0 Å². The van der Waals surface area contributed by atoms with Crippen LogP contribution < -0.4 is 10.2 Å². The molecule has 0 fully saturated rings. The van der Waals surface area contributed by atoms with Crippen molar-refractivity contribution in [1.82, 2.24) is 5.32 Å². The predicted octanol–water partition coefficient (Wildman–Crippen LogP) is 4.29. The molecule has 1 atom stereocenters. The Hall–Kier alpha value is -2.00. The van der Waals surface area contributed by atoms with Crippen molar-refractivity contribution in [3.63, 3.8) is 0 Å². The zero-order chi connectivity index (χ0) is 16.1. The van der Waals surface area contributed by atoms with E-state index >= 15 is 0 Å². The maximum Gasteiger partial charge on any atom is 0.251 e. The van der Waals surface area contributed by atoms with Crippen molar-refractivity contribution in [2.24, 2.45) is 0 Å². The third kappa shape index (κ3) is 4.01. The summed E-state index contributed by atoms with van der Waals surface area (Å²) in [4.78, 5) is 14.4. The molecule has 0 spiro atoms. The molecule has 0 saturated carbocycles. The van der Waals surface area contributed by atoms with Crippen molar-refractivity contribution in [2.75, 3.05) is 19.0 Å². The van der Waals surface area contributed by atoms with Gasteiger partial charge in [0.05, 0.1) is 6.04 Å². The van der Waals surface area contributed by atoms with Gasteiger partial charge in [-0.1, -0.05) is 30.7 Å². The minimum absolute atomic E-state index is 0.0155. The van der Waals surface area contributed by atoms with E-state index in [1.807, 2.05) is 67.5 Å². The third-order valence-corrected chi connectivity index (χ3v) is 3.88. The molecule has 116 valence electrons. The fourth-order valence-corrected chi connectivity index (χ4v) is 2.39. The van der Waals surface area contributed by atoms with Gasteiger partial charge in [-0.15, -0.1) is 0 Å². The minimum Gasteiger partial charge on any atom is -0.378 e. The van der Waals surface area contributed by atoms with E-state index in [1.54, 1.807) is 0 Å². The maximum absolute atomic E-state index is 12.4. The number of hydrogen-bond acceptors (Lipinski definition) is 2. The van der Waals surface area contributed by atoms with Crippen LogP contribution in [0.25, 0.3) is 0 Å². The first-order valence-corrected chi connectivity index (χ1v) is 7.72. The summed E-state index contributed by atoms with van der Waals surface area (Å²) >= 11 is 5.91. The summed E-state index contributed by atoms with van der Waals surface area (Å²) in [6.07, 6.45) is 0.823. The van der Waals surface area contributed by atoms with E-state index in [9.17, 15) is 4.79 Å². The van der Waals surface area contributed by atoms with Crippen LogP contribution in [0.5, 0.6) is 0 Å². The second kappa shape index (κ2) is 7.32. The zero-order valence-electron chi connectivity index (χ0n) is 13.1. The average molecular weight is 317 g/mol. The molecule has 3 nitrogen and oxygen atoms in total. The van der Waals surface area contributed by atoms with Crippen LogP contribution in [0.15, 0.2) is 48.5 Å². The van der Waals surface area contributed by atoms with Gasteiger partial charge in [0.25, 0.3) is 5.91 Å². The number of hydrogen-bond donors (Lipinski definition) is 1. The summed E-state index contributed by atoms with van der Waals surface area (Å²) in [5.41, 5.74) is 2.80. The lowest BCUT2D eigenvalue weighted by molar-refractivity contribution is 0.0935. The fourth-order valence-electron chi connectivity index (χ4n) is 2.27. The summed E-state index contributed by atoms with van der Waals surface area (Å²) in [5.74, 6) is -0.0629. The van der Waals surface area contributed by atoms with Gasteiger partial charge in [-0.25, -0.2) is 0 Å². The Bertz CT molecular complexity index is 621. The van der Waals surface area contributed by atoms with E-state index in [2.05, 4.69) is 12.2 Å². The van der Waals surface area contributed by atoms with Crippen LogP contribution in [0.4, 0.5) is 5.69 Å².